The molecule has 116 valence electrons. The Morgan fingerprint density at radius 1 is 1.33 bits per heavy atom. The van der Waals surface area contributed by atoms with Gasteiger partial charge in [0.15, 0.2) is 0 Å². The van der Waals surface area contributed by atoms with Crippen LogP contribution in [0.1, 0.15) is 10.4 Å². The third-order valence-electron chi connectivity index (χ3n) is 3.38. The van der Waals surface area contributed by atoms with Gasteiger partial charge < -0.3 is 10.2 Å². The molecule has 0 atom stereocenters. The molecule has 2 heterocycles. The van der Waals surface area contributed by atoms with Crippen molar-refractivity contribution in [1.82, 2.24) is 14.8 Å². The average molecular weight is 302 g/mol. The smallest absolute Gasteiger partial charge is 0.387 e. The van der Waals surface area contributed by atoms with Crippen molar-refractivity contribution in [3.05, 3.63) is 24.0 Å². The van der Waals surface area contributed by atoms with Crippen LogP contribution in [0.15, 0.2) is 18.5 Å². The van der Waals surface area contributed by atoms with Crippen molar-refractivity contribution in [3.63, 3.8) is 0 Å². The van der Waals surface area contributed by atoms with Gasteiger partial charge in [-0.1, -0.05) is 0 Å². The highest BCUT2D eigenvalue weighted by Gasteiger charge is 2.33. The molecule has 0 aliphatic carbocycles. The second-order valence-corrected chi connectivity index (χ2v) is 4.85. The Labute approximate surface area is 120 Å². The first-order valence-corrected chi connectivity index (χ1v) is 6.61. The van der Waals surface area contributed by atoms with Crippen molar-refractivity contribution in [3.8, 4) is 0 Å². The molecule has 8 heteroatoms. The Morgan fingerprint density at radius 3 is 2.57 bits per heavy atom. The van der Waals surface area contributed by atoms with Crippen LogP contribution in [0.25, 0.3) is 0 Å². The van der Waals surface area contributed by atoms with Crippen molar-refractivity contribution in [2.45, 2.75) is 6.18 Å². The highest BCUT2D eigenvalue weighted by Crippen LogP contribution is 2.19. The molecular formula is C13H17F3N4O. The second-order valence-electron chi connectivity index (χ2n) is 4.85. The highest BCUT2D eigenvalue weighted by molar-refractivity contribution is 5.99. The van der Waals surface area contributed by atoms with Crippen LogP contribution in [-0.4, -0.2) is 66.6 Å². The Bertz CT molecular complexity index is 498. The van der Waals surface area contributed by atoms with Crippen LogP contribution in [0.4, 0.5) is 18.9 Å². The standard InChI is InChI=1S/C13H17F3N4O/c1-17-11-2-3-18-8-10(11)12(21)20-6-4-19(5-7-20)9-13(14,15)16/h2-3,8H,4-7,9H2,1H3,(H,17,18). The van der Waals surface area contributed by atoms with Crippen LogP contribution in [0, 0.1) is 0 Å². The fraction of sp³-hybridized carbons (Fsp3) is 0.538. The lowest BCUT2D eigenvalue weighted by Gasteiger charge is -2.35. The van der Waals surface area contributed by atoms with Crippen LogP contribution >= 0.6 is 0 Å². The van der Waals surface area contributed by atoms with E-state index in [2.05, 4.69) is 10.3 Å². The quantitative estimate of drug-likeness (QED) is 0.918. The van der Waals surface area contributed by atoms with Crippen molar-refractivity contribution in [2.75, 3.05) is 45.1 Å². The number of halogens is 3. The van der Waals surface area contributed by atoms with Gasteiger partial charge in [0, 0.05) is 51.3 Å². The first-order valence-electron chi connectivity index (χ1n) is 6.61. The SMILES string of the molecule is CNc1ccncc1C(=O)N1CCN(CC(F)(F)F)CC1. The highest BCUT2D eigenvalue weighted by atomic mass is 19.4. The zero-order chi connectivity index (χ0) is 15.5. The van der Waals surface area contributed by atoms with E-state index in [1.165, 1.54) is 11.1 Å². The number of nitrogens with zero attached hydrogens (tertiary/aromatic N) is 3. The summed E-state index contributed by atoms with van der Waals surface area (Å²) in [5.74, 6) is -0.209. The van der Waals surface area contributed by atoms with Gasteiger partial charge in [0.05, 0.1) is 12.1 Å². The zero-order valence-corrected chi connectivity index (χ0v) is 11.7. The summed E-state index contributed by atoms with van der Waals surface area (Å²) in [6.07, 6.45) is -1.16. The molecule has 1 aliphatic rings. The summed E-state index contributed by atoms with van der Waals surface area (Å²) in [6, 6.07) is 1.69. The van der Waals surface area contributed by atoms with Crippen LogP contribution in [-0.2, 0) is 0 Å². The van der Waals surface area contributed by atoms with Gasteiger partial charge in [0.25, 0.3) is 5.91 Å². The molecule has 1 saturated heterocycles. The predicted molar refractivity (Wildman–Crippen MR) is 72.2 cm³/mol. The third kappa shape index (κ3) is 4.07. The number of nitrogens with one attached hydrogen (secondary N) is 1. The van der Waals surface area contributed by atoms with E-state index in [1.54, 1.807) is 24.2 Å². The number of carbonyl (C=O) groups excluding carboxylic acids is 1. The monoisotopic (exact) mass is 302 g/mol. The number of piperazine rings is 1. The molecule has 0 bridgehead atoms. The summed E-state index contributed by atoms with van der Waals surface area (Å²) in [6.45, 7) is 0.0877. The molecule has 0 unspecified atom stereocenters. The molecule has 1 amide bonds. The van der Waals surface area contributed by atoms with Gasteiger partial charge in [-0.15, -0.1) is 0 Å². The third-order valence-corrected chi connectivity index (χ3v) is 3.38. The summed E-state index contributed by atoms with van der Waals surface area (Å²) in [5.41, 5.74) is 1.09. The Morgan fingerprint density at radius 2 is 2.00 bits per heavy atom. The number of anilines is 1. The number of alkyl halides is 3. The average Bonchev–Trinajstić information content (AvgIpc) is 2.45. The van der Waals surface area contributed by atoms with Crippen LogP contribution in [0.5, 0.6) is 0 Å². The van der Waals surface area contributed by atoms with Gasteiger partial charge in [-0.25, -0.2) is 0 Å². The van der Waals surface area contributed by atoms with Gasteiger partial charge in [-0.3, -0.25) is 14.7 Å². The fourth-order valence-electron chi connectivity index (χ4n) is 2.32. The molecule has 0 saturated carbocycles. The number of hydrogen-bond donors (Lipinski definition) is 1. The normalized spacial score (nSPS) is 16.9. The number of hydrogen-bond acceptors (Lipinski definition) is 4. The molecule has 0 radical (unpaired) electrons. The Hall–Kier alpha value is -1.83. The first kappa shape index (κ1) is 15.6. The van der Waals surface area contributed by atoms with Gasteiger partial charge in [0.2, 0.25) is 0 Å². The molecular weight excluding hydrogens is 285 g/mol. The summed E-state index contributed by atoms with van der Waals surface area (Å²) >= 11 is 0. The molecule has 1 fully saturated rings. The van der Waals surface area contributed by atoms with Crippen LogP contribution < -0.4 is 5.32 Å². The van der Waals surface area contributed by atoms with E-state index in [9.17, 15) is 18.0 Å². The lowest BCUT2D eigenvalue weighted by molar-refractivity contribution is -0.148. The van der Waals surface area contributed by atoms with E-state index in [1.807, 2.05) is 0 Å². The number of aromatic nitrogens is 1. The predicted octanol–water partition coefficient (Wildman–Crippen LogP) is 1.44. The van der Waals surface area contributed by atoms with E-state index < -0.39 is 12.7 Å². The van der Waals surface area contributed by atoms with Crippen LogP contribution in [0.2, 0.25) is 0 Å². The maximum Gasteiger partial charge on any atom is 0.401 e. The number of rotatable bonds is 3. The fourth-order valence-corrected chi connectivity index (χ4v) is 2.32. The minimum absolute atomic E-state index is 0.209. The van der Waals surface area contributed by atoms with Crippen molar-refractivity contribution >= 4 is 11.6 Å². The van der Waals surface area contributed by atoms with E-state index in [-0.39, 0.29) is 32.1 Å². The lowest BCUT2D eigenvalue weighted by Crippen LogP contribution is -2.51. The van der Waals surface area contributed by atoms with Crippen molar-refractivity contribution < 1.29 is 18.0 Å². The first-order chi connectivity index (χ1) is 9.90. The maximum atomic E-state index is 12.4. The molecule has 1 aromatic heterocycles. The molecule has 5 nitrogen and oxygen atoms in total. The number of pyridine rings is 1. The van der Waals surface area contributed by atoms with Gasteiger partial charge >= 0.3 is 6.18 Å². The molecule has 0 aromatic carbocycles. The molecule has 1 aromatic rings. The van der Waals surface area contributed by atoms with Gasteiger partial charge in [0.1, 0.15) is 0 Å². The number of amides is 1. The Kier molecular flexibility index (Phi) is 4.66. The topological polar surface area (TPSA) is 48.5 Å². The number of carbonyl (C=O) groups is 1. The molecule has 21 heavy (non-hydrogen) atoms. The minimum Gasteiger partial charge on any atom is -0.387 e. The van der Waals surface area contributed by atoms with E-state index in [4.69, 9.17) is 0 Å². The summed E-state index contributed by atoms with van der Waals surface area (Å²) in [4.78, 5) is 19.2. The second kappa shape index (κ2) is 6.30. The van der Waals surface area contributed by atoms with Crippen molar-refractivity contribution in [2.24, 2.45) is 0 Å². The lowest BCUT2D eigenvalue weighted by atomic mass is 10.2. The zero-order valence-electron chi connectivity index (χ0n) is 11.7. The van der Waals surface area contributed by atoms with E-state index >= 15 is 0 Å². The maximum absolute atomic E-state index is 12.4. The molecule has 0 spiro atoms. The summed E-state index contributed by atoms with van der Waals surface area (Å²) in [5, 5.41) is 2.91. The van der Waals surface area contributed by atoms with E-state index in [0.29, 0.717) is 11.3 Å². The van der Waals surface area contributed by atoms with Crippen LogP contribution in [0.3, 0.4) is 0 Å². The molecule has 1 aliphatic heterocycles. The summed E-state index contributed by atoms with van der Waals surface area (Å²) < 4.78 is 37.0. The van der Waals surface area contributed by atoms with Crippen molar-refractivity contribution in [1.29, 1.82) is 0 Å². The summed E-state index contributed by atoms with van der Waals surface area (Å²) in [7, 11) is 1.70. The van der Waals surface area contributed by atoms with Gasteiger partial charge in [-0.2, -0.15) is 13.2 Å². The largest absolute Gasteiger partial charge is 0.401 e. The van der Waals surface area contributed by atoms with E-state index in [0.717, 1.165) is 0 Å². The molecule has 2 rings (SSSR count). The van der Waals surface area contributed by atoms with Gasteiger partial charge in [-0.05, 0) is 6.07 Å². The minimum atomic E-state index is -4.20. The molecule has 1 N–H and O–H groups in total. The Balaban J connectivity index is 1.97.